The van der Waals surface area contributed by atoms with Crippen LogP contribution in [0.15, 0.2) is 158 Å². The molecule has 234 valence electrons. The molecule has 9 aromatic rings. The van der Waals surface area contributed by atoms with E-state index < -0.39 is 0 Å². The third-order valence-electron chi connectivity index (χ3n) is 9.85. The highest BCUT2D eigenvalue weighted by atomic mass is 15.0. The zero-order valence-corrected chi connectivity index (χ0v) is 27.3. The second-order valence-electron chi connectivity index (χ2n) is 12.6. The molecule has 0 aliphatic heterocycles. The van der Waals surface area contributed by atoms with Crippen molar-refractivity contribution in [3.8, 4) is 51.2 Å². The number of nitriles is 2. The van der Waals surface area contributed by atoms with Crippen LogP contribution in [-0.2, 0) is 0 Å². The van der Waals surface area contributed by atoms with Crippen LogP contribution in [0.2, 0.25) is 0 Å². The van der Waals surface area contributed by atoms with Crippen LogP contribution >= 0.6 is 0 Å². The number of rotatable bonds is 4. The molecule has 0 aliphatic carbocycles. The van der Waals surface area contributed by atoms with Gasteiger partial charge in [-0.2, -0.15) is 10.5 Å². The summed E-state index contributed by atoms with van der Waals surface area (Å²) < 4.78 is 2.15. The Kier molecular flexibility index (Phi) is 6.93. The van der Waals surface area contributed by atoms with Crippen molar-refractivity contribution >= 4 is 49.0 Å². The van der Waals surface area contributed by atoms with Crippen molar-refractivity contribution in [3.05, 3.63) is 180 Å². The summed E-state index contributed by atoms with van der Waals surface area (Å²) >= 11 is 0. The standard InChI is InChI=1S/C47H26N4/c1-50-35-21-24-44-42(27-35)41-25-30(28-48)16-23-43(41)51(44)45-26-31(29-49)15-22-36(45)32-17-19-34(20-18-32)47-39-13-7-5-11-37(39)46(33-9-3-2-4-10-33)38-12-6-8-14-40(38)47/h2-27H. The smallest absolute Gasteiger partial charge is 0.188 e. The Bertz CT molecular complexity index is 2860. The average molecular weight is 647 g/mol. The number of nitrogens with zero attached hydrogens (tertiary/aromatic N) is 4. The Labute approximate surface area is 294 Å². The molecule has 1 heterocycles. The maximum Gasteiger partial charge on any atom is 0.188 e. The summed E-state index contributed by atoms with van der Waals surface area (Å²) in [5.41, 5.74) is 11.0. The normalized spacial score (nSPS) is 11.1. The molecule has 9 rings (SSSR count). The topological polar surface area (TPSA) is 56.9 Å². The van der Waals surface area contributed by atoms with Crippen molar-refractivity contribution < 1.29 is 0 Å². The Morgan fingerprint density at radius 2 is 0.941 bits per heavy atom. The maximum absolute atomic E-state index is 9.98. The molecule has 0 atom stereocenters. The molecule has 0 spiro atoms. The second-order valence-corrected chi connectivity index (χ2v) is 12.6. The summed E-state index contributed by atoms with van der Waals surface area (Å²) in [5.74, 6) is 0. The number of hydrogen-bond donors (Lipinski definition) is 0. The highest BCUT2D eigenvalue weighted by Crippen LogP contribution is 2.44. The summed E-state index contributed by atoms with van der Waals surface area (Å²) in [6.45, 7) is 7.62. The van der Waals surface area contributed by atoms with Crippen LogP contribution < -0.4 is 0 Å². The molecule has 4 heteroatoms. The van der Waals surface area contributed by atoms with Crippen molar-refractivity contribution in [2.75, 3.05) is 0 Å². The van der Waals surface area contributed by atoms with Crippen LogP contribution in [0.5, 0.6) is 0 Å². The van der Waals surface area contributed by atoms with Crippen LogP contribution in [0.3, 0.4) is 0 Å². The number of benzene rings is 8. The van der Waals surface area contributed by atoms with Gasteiger partial charge < -0.3 is 4.57 Å². The Morgan fingerprint density at radius 3 is 1.53 bits per heavy atom. The van der Waals surface area contributed by atoms with Gasteiger partial charge in [-0.25, -0.2) is 4.85 Å². The quantitative estimate of drug-likeness (QED) is 0.141. The lowest BCUT2D eigenvalue weighted by Gasteiger charge is -2.18. The van der Waals surface area contributed by atoms with E-state index >= 15 is 0 Å². The highest BCUT2D eigenvalue weighted by molar-refractivity contribution is 6.21. The molecule has 0 N–H and O–H groups in total. The lowest BCUT2D eigenvalue weighted by Crippen LogP contribution is -1.98. The molecule has 51 heavy (non-hydrogen) atoms. The molecular weight excluding hydrogens is 621 g/mol. The predicted molar refractivity (Wildman–Crippen MR) is 208 cm³/mol. The van der Waals surface area contributed by atoms with E-state index in [1.165, 1.54) is 38.2 Å². The zero-order chi connectivity index (χ0) is 34.5. The van der Waals surface area contributed by atoms with Crippen molar-refractivity contribution in [2.45, 2.75) is 0 Å². The van der Waals surface area contributed by atoms with Gasteiger partial charge in [0.05, 0.1) is 46.6 Å². The predicted octanol–water partition coefficient (Wildman–Crippen LogP) is 12.4. The molecule has 0 saturated heterocycles. The van der Waals surface area contributed by atoms with E-state index in [0.29, 0.717) is 16.8 Å². The fourth-order valence-corrected chi connectivity index (χ4v) is 7.61. The molecular formula is C47H26N4. The molecule has 0 bridgehead atoms. The fraction of sp³-hybridized carbons (Fsp3) is 0. The summed E-state index contributed by atoms with van der Waals surface area (Å²) in [7, 11) is 0. The first-order chi connectivity index (χ1) is 25.2. The summed E-state index contributed by atoms with van der Waals surface area (Å²) in [6.07, 6.45) is 0. The molecule has 0 unspecified atom stereocenters. The van der Waals surface area contributed by atoms with Gasteiger partial charge >= 0.3 is 0 Å². The van der Waals surface area contributed by atoms with E-state index in [9.17, 15) is 10.5 Å². The van der Waals surface area contributed by atoms with E-state index in [1.807, 2.05) is 54.6 Å². The highest BCUT2D eigenvalue weighted by Gasteiger charge is 2.19. The van der Waals surface area contributed by atoms with Crippen molar-refractivity contribution in [1.82, 2.24) is 4.57 Å². The zero-order valence-electron chi connectivity index (χ0n) is 27.3. The minimum absolute atomic E-state index is 0.530. The lowest BCUT2D eigenvalue weighted by molar-refractivity contribution is 1.18. The first-order valence-corrected chi connectivity index (χ1v) is 16.7. The Balaban J connectivity index is 1.26. The Morgan fingerprint density at radius 1 is 0.451 bits per heavy atom. The van der Waals surface area contributed by atoms with Gasteiger partial charge in [0.25, 0.3) is 0 Å². The van der Waals surface area contributed by atoms with Crippen molar-refractivity contribution in [1.29, 1.82) is 10.5 Å². The van der Waals surface area contributed by atoms with Gasteiger partial charge in [0.2, 0.25) is 0 Å². The van der Waals surface area contributed by atoms with E-state index in [4.69, 9.17) is 6.57 Å². The minimum Gasteiger partial charge on any atom is -0.309 e. The first-order valence-electron chi connectivity index (χ1n) is 16.7. The third kappa shape index (κ3) is 4.74. The Hall–Kier alpha value is -7.45. The monoisotopic (exact) mass is 646 g/mol. The van der Waals surface area contributed by atoms with E-state index in [0.717, 1.165) is 44.2 Å². The molecule has 0 fully saturated rings. The lowest BCUT2D eigenvalue weighted by atomic mass is 9.85. The van der Waals surface area contributed by atoms with Gasteiger partial charge in [0.15, 0.2) is 5.69 Å². The van der Waals surface area contributed by atoms with Gasteiger partial charge in [-0.1, -0.05) is 115 Å². The van der Waals surface area contributed by atoms with Gasteiger partial charge in [0, 0.05) is 10.9 Å². The molecule has 0 aliphatic rings. The van der Waals surface area contributed by atoms with Gasteiger partial charge in [0.1, 0.15) is 0 Å². The van der Waals surface area contributed by atoms with Gasteiger partial charge in [-0.15, -0.1) is 0 Å². The largest absolute Gasteiger partial charge is 0.309 e. The van der Waals surface area contributed by atoms with Gasteiger partial charge in [-0.3, -0.25) is 0 Å². The summed E-state index contributed by atoms with van der Waals surface area (Å²) in [4.78, 5) is 3.67. The van der Waals surface area contributed by atoms with E-state index in [-0.39, 0.29) is 0 Å². The number of fused-ring (bicyclic) bond motifs is 5. The van der Waals surface area contributed by atoms with Crippen LogP contribution in [0, 0.1) is 29.2 Å². The fourth-order valence-electron chi connectivity index (χ4n) is 7.61. The molecule has 8 aromatic carbocycles. The van der Waals surface area contributed by atoms with E-state index in [1.54, 1.807) is 0 Å². The van der Waals surface area contributed by atoms with Crippen LogP contribution in [0.1, 0.15) is 11.1 Å². The SMILES string of the molecule is [C-]#[N+]c1ccc2c(c1)c1cc(C#N)ccc1n2-c1cc(C#N)ccc1-c1ccc(-c2c3ccccc3c(-c3ccccc3)c3ccccc23)cc1. The van der Waals surface area contributed by atoms with Gasteiger partial charge in [-0.05, 0) is 97.2 Å². The first kappa shape index (κ1) is 29.7. The number of aromatic nitrogens is 1. The molecule has 0 radical (unpaired) electrons. The van der Waals surface area contributed by atoms with Crippen molar-refractivity contribution in [3.63, 3.8) is 0 Å². The minimum atomic E-state index is 0.530. The van der Waals surface area contributed by atoms with Crippen molar-refractivity contribution in [2.24, 2.45) is 0 Å². The van der Waals surface area contributed by atoms with E-state index in [2.05, 4.69) is 125 Å². The van der Waals surface area contributed by atoms with Crippen LogP contribution in [-0.4, -0.2) is 4.57 Å². The molecule has 0 amide bonds. The molecule has 1 aromatic heterocycles. The van der Waals surface area contributed by atoms with Crippen LogP contribution in [0.4, 0.5) is 5.69 Å². The summed E-state index contributed by atoms with van der Waals surface area (Å²) in [6, 6.07) is 58.3. The third-order valence-corrected chi connectivity index (χ3v) is 9.85. The summed E-state index contributed by atoms with van der Waals surface area (Å²) in [5, 5.41) is 26.3. The van der Waals surface area contributed by atoms with Crippen LogP contribution in [0.25, 0.3) is 87.3 Å². The molecule has 4 nitrogen and oxygen atoms in total. The molecule has 0 saturated carbocycles. The maximum atomic E-state index is 9.98. The average Bonchev–Trinajstić information content (AvgIpc) is 3.52. The second kappa shape index (κ2) is 11.9. The number of hydrogen-bond acceptors (Lipinski definition) is 2.